The van der Waals surface area contributed by atoms with E-state index in [9.17, 15) is 13.2 Å². The Morgan fingerprint density at radius 3 is 1.61 bits per heavy atom. The molecular weight excluding hydrogens is 277 g/mol. The monoisotopic (exact) mass is 298 g/mol. The molecule has 0 aromatic carbocycles. The Hall–Kier alpha value is -0.696. The fourth-order valence-corrected chi connectivity index (χ4v) is 2.75. The van der Waals surface area contributed by atoms with Gasteiger partial charge in [-0.2, -0.15) is 13.2 Å². The zero-order valence-electron chi connectivity index (χ0n) is 11.7. The first-order valence-electron chi connectivity index (χ1n) is 5.56. The lowest BCUT2D eigenvalue weighted by molar-refractivity contribution is -0.117. The summed E-state index contributed by atoms with van der Waals surface area (Å²) in [6.07, 6.45) is -3.68. The van der Waals surface area contributed by atoms with Crippen LogP contribution in [0.1, 0.15) is 0 Å². The molecule has 0 aromatic rings. The Morgan fingerprint density at radius 2 is 1.33 bits per heavy atom. The lowest BCUT2D eigenvalue weighted by Gasteiger charge is -2.25. The molecule has 0 fully saturated rings. The molecule has 0 amide bonds. The summed E-state index contributed by atoms with van der Waals surface area (Å²) in [4.78, 5) is 0. The van der Waals surface area contributed by atoms with Crippen molar-refractivity contribution < 1.29 is 22.0 Å². The number of alkyl halides is 3. The number of hydrogen-bond acceptors (Lipinski definition) is 2. The molecule has 0 spiro atoms. The minimum Gasteiger partial charge on any atom is -0.545 e. The maximum atomic E-state index is 12.8. The third kappa shape index (κ3) is 8.40. The van der Waals surface area contributed by atoms with Gasteiger partial charge in [0.2, 0.25) is 16.6 Å². The highest BCUT2D eigenvalue weighted by atomic mass is 28.4. The maximum absolute atomic E-state index is 12.8. The van der Waals surface area contributed by atoms with Crippen LogP contribution in [0, 0.1) is 0 Å². The van der Waals surface area contributed by atoms with Gasteiger partial charge in [-0.05, 0) is 39.3 Å². The van der Waals surface area contributed by atoms with Crippen molar-refractivity contribution in [2.75, 3.05) is 0 Å². The van der Waals surface area contributed by atoms with Gasteiger partial charge < -0.3 is 8.85 Å². The summed E-state index contributed by atoms with van der Waals surface area (Å²) in [5, 5.41) is 0. The van der Waals surface area contributed by atoms with Crippen LogP contribution in [0.25, 0.3) is 0 Å². The van der Waals surface area contributed by atoms with Gasteiger partial charge in [0.05, 0.1) is 5.76 Å². The van der Waals surface area contributed by atoms with E-state index in [1.165, 1.54) is 0 Å². The van der Waals surface area contributed by atoms with E-state index in [4.69, 9.17) is 8.85 Å². The average Bonchev–Trinajstić information content (AvgIpc) is 1.93. The first kappa shape index (κ1) is 17.3. The fraction of sp³-hybridized carbons (Fsp3) is 0.636. The molecule has 0 unspecified atom stereocenters. The van der Waals surface area contributed by atoms with Crippen LogP contribution < -0.4 is 0 Å². The van der Waals surface area contributed by atoms with Gasteiger partial charge in [0.25, 0.3) is 0 Å². The van der Waals surface area contributed by atoms with Crippen molar-refractivity contribution in [2.45, 2.75) is 45.5 Å². The first-order chi connectivity index (χ1) is 7.71. The van der Waals surface area contributed by atoms with E-state index in [1.807, 2.05) is 19.6 Å². The van der Waals surface area contributed by atoms with E-state index in [2.05, 4.69) is 6.58 Å². The summed E-state index contributed by atoms with van der Waals surface area (Å²) in [7, 11) is -4.29. The van der Waals surface area contributed by atoms with E-state index >= 15 is 0 Å². The molecule has 0 saturated heterocycles. The predicted octanol–water partition coefficient (Wildman–Crippen LogP) is 4.65. The highest BCUT2D eigenvalue weighted by Crippen LogP contribution is 2.30. The molecule has 0 rings (SSSR count). The summed E-state index contributed by atoms with van der Waals surface area (Å²) in [6, 6.07) is 0. The SMILES string of the molecule is C=C(/C=C(/O[Si](C)(C)C)C(F)(F)F)O[Si](C)(C)C. The quantitative estimate of drug-likeness (QED) is 0.418. The highest BCUT2D eigenvalue weighted by molar-refractivity contribution is 6.70. The Labute approximate surface area is 109 Å². The topological polar surface area (TPSA) is 18.5 Å². The Bertz CT molecular complexity index is 336. The molecule has 7 heteroatoms. The van der Waals surface area contributed by atoms with Crippen LogP contribution in [-0.2, 0) is 8.85 Å². The lowest BCUT2D eigenvalue weighted by atomic mass is 10.4. The van der Waals surface area contributed by atoms with Gasteiger partial charge in [0.15, 0.2) is 5.76 Å². The molecule has 0 aliphatic heterocycles. The summed E-state index contributed by atoms with van der Waals surface area (Å²) < 4.78 is 48.8. The van der Waals surface area contributed by atoms with Crippen molar-refractivity contribution in [2.24, 2.45) is 0 Å². The second-order valence-corrected chi connectivity index (χ2v) is 14.8. The van der Waals surface area contributed by atoms with Gasteiger partial charge in [-0.25, -0.2) is 0 Å². The van der Waals surface area contributed by atoms with Crippen molar-refractivity contribution in [3.63, 3.8) is 0 Å². The van der Waals surface area contributed by atoms with Crippen LogP contribution in [0.2, 0.25) is 39.3 Å². The van der Waals surface area contributed by atoms with Crippen LogP contribution >= 0.6 is 0 Å². The molecule has 0 saturated carbocycles. The van der Waals surface area contributed by atoms with Crippen molar-refractivity contribution in [1.82, 2.24) is 0 Å². The number of allylic oxidation sites excluding steroid dienone is 2. The standard InChI is InChI=1S/C11H21F3O2Si2/c1-9(15-17(2,3)4)8-10(11(12,13)14)16-18(5,6)7/h8H,1H2,2-7H3/b10-8+. The fourth-order valence-electron chi connectivity index (χ4n) is 1.07. The third-order valence-corrected chi connectivity index (χ3v) is 3.13. The van der Waals surface area contributed by atoms with Crippen molar-refractivity contribution in [3.05, 3.63) is 24.2 Å². The second kappa shape index (κ2) is 5.52. The Kier molecular flexibility index (Phi) is 5.31. The van der Waals surface area contributed by atoms with E-state index in [0.717, 1.165) is 6.08 Å². The molecule has 0 radical (unpaired) electrons. The van der Waals surface area contributed by atoms with Gasteiger partial charge in [-0.15, -0.1) is 0 Å². The smallest absolute Gasteiger partial charge is 0.447 e. The van der Waals surface area contributed by atoms with E-state index in [0.29, 0.717) is 0 Å². The van der Waals surface area contributed by atoms with Crippen LogP contribution in [0.5, 0.6) is 0 Å². The average molecular weight is 298 g/mol. The van der Waals surface area contributed by atoms with Crippen LogP contribution in [0.4, 0.5) is 13.2 Å². The Balaban J connectivity index is 5.05. The number of halogens is 3. The van der Waals surface area contributed by atoms with Crippen molar-refractivity contribution >= 4 is 16.6 Å². The molecular formula is C11H21F3O2Si2. The minimum atomic E-state index is -4.52. The second-order valence-electron chi connectivity index (χ2n) is 5.90. The maximum Gasteiger partial charge on any atom is 0.447 e. The molecule has 0 bridgehead atoms. The summed E-state index contributed by atoms with van der Waals surface area (Å²) in [5.74, 6) is -1.02. The molecule has 0 atom stereocenters. The lowest BCUT2D eigenvalue weighted by Crippen LogP contribution is -2.30. The van der Waals surface area contributed by atoms with Gasteiger partial charge in [-0.1, -0.05) is 6.58 Å². The molecule has 18 heavy (non-hydrogen) atoms. The number of rotatable bonds is 5. The van der Waals surface area contributed by atoms with E-state index in [1.54, 1.807) is 19.6 Å². The molecule has 2 nitrogen and oxygen atoms in total. The van der Waals surface area contributed by atoms with Crippen molar-refractivity contribution in [1.29, 1.82) is 0 Å². The molecule has 106 valence electrons. The van der Waals surface area contributed by atoms with Gasteiger partial charge in [0.1, 0.15) is 0 Å². The normalized spacial score (nSPS) is 14.4. The van der Waals surface area contributed by atoms with Gasteiger partial charge in [0, 0.05) is 6.08 Å². The van der Waals surface area contributed by atoms with Crippen LogP contribution in [-0.4, -0.2) is 22.8 Å². The largest absolute Gasteiger partial charge is 0.545 e. The molecule has 0 heterocycles. The van der Waals surface area contributed by atoms with Gasteiger partial charge in [-0.3, -0.25) is 0 Å². The molecule has 0 aromatic heterocycles. The predicted molar refractivity (Wildman–Crippen MR) is 72.1 cm³/mol. The van der Waals surface area contributed by atoms with E-state index in [-0.39, 0.29) is 5.76 Å². The summed E-state index contributed by atoms with van der Waals surface area (Å²) >= 11 is 0. The number of hydrogen-bond donors (Lipinski definition) is 0. The first-order valence-corrected chi connectivity index (χ1v) is 12.4. The molecule has 0 N–H and O–H groups in total. The summed E-state index contributed by atoms with van der Waals surface area (Å²) in [6.45, 7) is 14.2. The minimum absolute atomic E-state index is 0.000239. The zero-order valence-corrected chi connectivity index (χ0v) is 13.7. The molecule has 0 aliphatic rings. The third-order valence-electron chi connectivity index (χ3n) is 1.42. The molecule has 0 aliphatic carbocycles. The Morgan fingerprint density at radius 1 is 0.944 bits per heavy atom. The summed E-state index contributed by atoms with van der Waals surface area (Å²) in [5.41, 5.74) is 0. The van der Waals surface area contributed by atoms with Crippen LogP contribution in [0.15, 0.2) is 24.2 Å². The zero-order chi connectivity index (χ0) is 14.8. The van der Waals surface area contributed by atoms with Crippen LogP contribution in [0.3, 0.4) is 0 Å². The highest BCUT2D eigenvalue weighted by Gasteiger charge is 2.38. The van der Waals surface area contributed by atoms with E-state index < -0.39 is 28.6 Å². The van der Waals surface area contributed by atoms with Crippen molar-refractivity contribution in [3.8, 4) is 0 Å². The van der Waals surface area contributed by atoms with Gasteiger partial charge >= 0.3 is 6.18 Å².